The molecule has 8 atom stereocenters. The van der Waals surface area contributed by atoms with Crippen LogP contribution in [0.25, 0.3) is 11.1 Å². The number of phenols is 6. The number of amides is 6. The summed E-state index contributed by atoms with van der Waals surface area (Å²) in [6.45, 7) is 3.75. The normalized spacial score (nSPS) is 21.5. The van der Waals surface area contributed by atoms with Crippen molar-refractivity contribution in [2.75, 3.05) is 26.2 Å². The van der Waals surface area contributed by atoms with Crippen LogP contribution in [0.3, 0.4) is 0 Å². The second-order valence-electron chi connectivity index (χ2n) is 25.8. The van der Waals surface area contributed by atoms with Crippen LogP contribution >= 0.6 is 23.2 Å². The molecule has 7 heterocycles. The summed E-state index contributed by atoms with van der Waals surface area (Å²) in [7, 11) is 0. The predicted molar refractivity (Wildman–Crippen MR) is 373 cm³/mol. The average Bonchev–Trinajstić information content (AvgIpc) is 0.755. The van der Waals surface area contributed by atoms with Gasteiger partial charge in [0.2, 0.25) is 41.2 Å². The Balaban J connectivity index is 0.992. The van der Waals surface area contributed by atoms with E-state index in [0.29, 0.717) is 31.7 Å². The molecule has 17 bridgehead atoms. The van der Waals surface area contributed by atoms with Gasteiger partial charge < -0.3 is 92.7 Å². The number of aliphatic hydroxyl groups is 1. The number of rotatable bonds is 12. The Kier molecular flexibility index (Phi) is 21.4. The molecule has 7 aliphatic rings. The van der Waals surface area contributed by atoms with Crippen LogP contribution in [0.2, 0.25) is 10.0 Å². The maximum atomic E-state index is 16.0. The molecule has 0 radical (unpaired) electrons. The minimum Gasteiger partial charge on any atom is -0.508 e. The lowest BCUT2D eigenvalue weighted by Crippen LogP contribution is -2.55. The second kappa shape index (κ2) is 30.7. The van der Waals surface area contributed by atoms with E-state index in [1.807, 2.05) is 16.1 Å². The number of hydrogen-bond acceptors (Lipinski definition) is 21. The summed E-state index contributed by atoms with van der Waals surface area (Å²) >= 11 is 13.8. The molecule has 30 heteroatoms. The number of halogens is 2. The van der Waals surface area contributed by atoms with Gasteiger partial charge in [-0.1, -0.05) is 92.9 Å². The maximum Gasteiger partial charge on any atom is 0.330 e. The fourth-order valence-electron chi connectivity index (χ4n) is 13.1. The number of aliphatic hydroxyl groups excluding tert-OH is 1. The predicted octanol–water partition coefficient (Wildman–Crippen LogP) is 8.23. The fourth-order valence-corrected chi connectivity index (χ4v) is 13.5. The number of nitrogens with two attached hydrogens (primary N) is 1. The zero-order chi connectivity index (χ0) is 73.1. The summed E-state index contributed by atoms with van der Waals surface area (Å²) in [5.41, 5.74) is 4.40. The second-order valence-corrected chi connectivity index (χ2v) is 26.6. The van der Waals surface area contributed by atoms with Gasteiger partial charge in [0.15, 0.2) is 29.0 Å². The number of carbonyl (C=O) groups excluding carboxylic acids is 6. The highest BCUT2D eigenvalue weighted by atomic mass is 35.5. The lowest BCUT2D eigenvalue weighted by atomic mass is 9.88. The minimum absolute atomic E-state index is 0.119. The maximum absolute atomic E-state index is 16.0. The smallest absolute Gasteiger partial charge is 0.330 e. The Morgan fingerprint density at radius 1 is 0.563 bits per heavy atom. The molecule has 7 aromatic carbocycles. The zero-order valence-corrected chi connectivity index (χ0v) is 56.8. The topological polar surface area (TPSA) is 426 Å². The Morgan fingerprint density at radius 2 is 1.17 bits per heavy atom. The molecule has 0 aromatic heterocycles. The third-order valence-electron chi connectivity index (χ3n) is 18.6. The molecule has 1 unspecified atom stereocenters. The average molecular weight is 1450 g/mol. The molecule has 7 aromatic rings. The number of hydrazone groups is 1. The zero-order valence-electron chi connectivity index (χ0n) is 55.3. The number of unbranched alkanes of at least 4 members (excludes halogenated alkanes) is 7. The number of ether oxygens (including phenoxy) is 3. The lowest BCUT2D eigenvalue weighted by molar-refractivity contribution is -0.143. The molecule has 538 valence electrons. The van der Waals surface area contributed by atoms with Crippen LogP contribution in [-0.2, 0) is 46.5 Å². The third-order valence-corrected chi connectivity index (χ3v) is 19.2. The number of nitrogens with one attached hydrogen (secondary N) is 6. The van der Waals surface area contributed by atoms with E-state index in [1.54, 1.807) is 0 Å². The van der Waals surface area contributed by atoms with Crippen molar-refractivity contribution >= 4 is 70.8 Å². The molecule has 1 saturated heterocycles. The van der Waals surface area contributed by atoms with Crippen LogP contribution in [0.4, 0.5) is 0 Å². The first-order valence-corrected chi connectivity index (χ1v) is 34.2. The number of aromatic hydroxyl groups is 6. The van der Waals surface area contributed by atoms with E-state index in [9.17, 15) is 50.4 Å². The Bertz CT molecular complexity index is 4550. The van der Waals surface area contributed by atoms with Crippen LogP contribution in [0.15, 0.2) is 114 Å². The van der Waals surface area contributed by atoms with E-state index in [2.05, 4.69) is 43.9 Å². The lowest BCUT2D eigenvalue weighted by Gasteiger charge is -2.34. The van der Waals surface area contributed by atoms with Gasteiger partial charge in [0.25, 0.3) is 0 Å². The van der Waals surface area contributed by atoms with Crippen molar-refractivity contribution in [3.63, 3.8) is 0 Å². The summed E-state index contributed by atoms with van der Waals surface area (Å²) in [5, 5.41) is 116. The van der Waals surface area contributed by atoms with Crippen molar-refractivity contribution in [2.24, 2.45) is 10.8 Å². The van der Waals surface area contributed by atoms with Crippen LogP contribution in [0.5, 0.6) is 69.0 Å². The van der Waals surface area contributed by atoms with Gasteiger partial charge in [-0.3, -0.25) is 38.7 Å². The van der Waals surface area contributed by atoms with Crippen LogP contribution in [0, 0.1) is 0 Å². The van der Waals surface area contributed by atoms with Gasteiger partial charge in [-0.05, 0) is 125 Å². The largest absolute Gasteiger partial charge is 0.508 e. The number of benzene rings is 7. The molecule has 6 amide bonds. The number of carboxylic acids is 1. The summed E-state index contributed by atoms with van der Waals surface area (Å²) < 4.78 is 18.6. The van der Waals surface area contributed by atoms with E-state index >= 15 is 24.0 Å². The molecule has 103 heavy (non-hydrogen) atoms. The summed E-state index contributed by atoms with van der Waals surface area (Å²) in [5.74, 6) is -14.7. The van der Waals surface area contributed by atoms with Crippen LogP contribution in [0.1, 0.15) is 139 Å². The van der Waals surface area contributed by atoms with Crippen LogP contribution < -0.4 is 51.8 Å². The number of phenolic OH excluding ortho intramolecular Hbond substituents is 6. The van der Waals surface area contributed by atoms with Gasteiger partial charge in [-0.2, -0.15) is 5.10 Å². The SMILES string of the molecule is CCCCCCCCC/C=N/N1CCN(Cc2c(O)cc3c(c2O)-c2cc(ccc2O)[C@@H]2NC(=O)[C@H]4NC(=O)[C@H]5NC(=O)[C@H](Cc6ccc(c(Cl)c6)Oc6cc4cc(c6O)Oc4ccc(cc4Cl)C(O)[C@H](NC2=O)C(=O)N[C@@H]3C(=O)O)NC(=O)[C@@H](N)c2ccc(O)c(c2)Oc2cc(O)cc5c2)CC1. The Morgan fingerprint density at radius 3 is 1.84 bits per heavy atom. The van der Waals surface area contributed by atoms with Crippen LogP contribution in [-0.4, -0.2) is 137 Å². The first kappa shape index (κ1) is 71.8. The number of piperazine rings is 1. The van der Waals surface area contributed by atoms with E-state index in [-0.39, 0.29) is 79.4 Å². The summed E-state index contributed by atoms with van der Waals surface area (Å²) in [4.78, 5) is 107. The molecule has 28 nitrogen and oxygen atoms in total. The molecule has 0 spiro atoms. The van der Waals surface area contributed by atoms with Crippen molar-refractivity contribution in [1.82, 2.24) is 41.8 Å². The molecular weight excluding hydrogens is 1380 g/mol. The van der Waals surface area contributed by atoms with Gasteiger partial charge in [0, 0.05) is 68.1 Å². The number of fused-ring (bicyclic) bond motifs is 14. The highest BCUT2D eigenvalue weighted by molar-refractivity contribution is 6.32. The van der Waals surface area contributed by atoms with E-state index in [4.69, 9.17) is 43.1 Å². The van der Waals surface area contributed by atoms with Crippen molar-refractivity contribution in [3.8, 4) is 80.1 Å². The number of aliphatic carboxylic acids is 1. The number of carbonyl (C=O) groups is 7. The van der Waals surface area contributed by atoms with E-state index in [1.165, 1.54) is 80.3 Å². The quantitative estimate of drug-likeness (QED) is 0.0404. The molecular formula is C73H74Cl2N10O18. The number of nitrogens with zero attached hydrogens (tertiary/aromatic N) is 3. The summed E-state index contributed by atoms with van der Waals surface area (Å²) in [6, 6.07) is 7.64. The molecule has 14 rings (SSSR count). The molecule has 0 saturated carbocycles. The molecule has 16 N–H and O–H groups in total. The standard InChI is InChI=1S/C73H74Cl2N10O18/c1-2-3-4-5-6-7-8-9-18-77-85-21-19-84(20-22-85)34-45-51(89)33-44-57(65(45)91)43-27-37(12-14-49(43)87)59-69(95)83-63(72(98)82-62(44)73(99)100)64(90)38-13-17-53(47(75)28-38)103-56-31-40-30-55(66(56)92)102-52-16-10-35(23-46(52)74)24-48-67(93)79-60(70(96)81-61(40)71(97)80-59)39-25-41(86)32-42(26-39)101-54-29-36(11-15-50(54)88)58(76)68(94)78-48/h10-18,23,25-33,48,58-64,86-92H,2-9,19-22,24,34,76H2,1H3,(H,78,94)(H,79,93)(H,80,97)(H,81,96)(H,82,98)(H,83,95)(H,99,100)/b77-18+/t48-,58-,59-,60-,61-,62-,63-,64?/m0/s1. The van der Waals surface area contributed by atoms with Gasteiger partial charge in [0.1, 0.15) is 82.6 Å². The summed E-state index contributed by atoms with van der Waals surface area (Å²) in [6.07, 6.45) is 8.31. The first-order valence-electron chi connectivity index (χ1n) is 33.4. The monoisotopic (exact) mass is 1450 g/mol. The first-order chi connectivity index (χ1) is 49.4. The number of hydrogen-bond donors (Lipinski definition) is 15. The van der Waals surface area contributed by atoms with Crippen molar-refractivity contribution < 1.29 is 88.6 Å². The van der Waals surface area contributed by atoms with Crippen molar-refractivity contribution in [3.05, 3.63) is 164 Å². The van der Waals surface area contributed by atoms with Gasteiger partial charge >= 0.3 is 5.97 Å². The van der Waals surface area contributed by atoms with Crippen molar-refractivity contribution in [1.29, 1.82) is 0 Å². The fraction of sp³-hybridized carbons (Fsp3) is 0.315. The minimum atomic E-state index is -2.22. The highest BCUT2D eigenvalue weighted by Gasteiger charge is 2.42. The molecule has 0 aliphatic carbocycles. The highest BCUT2D eigenvalue weighted by Crippen LogP contribution is 2.50. The van der Waals surface area contributed by atoms with Gasteiger partial charge in [0.05, 0.1) is 15.6 Å². The molecule has 7 aliphatic heterocycles. The molecule has 1 fully saturated rings. The van der Waals surface area contributed by atoms with E-state index < -0.39 is 152 Å². The van der Waals surface area contributed by atoms with Gasteiger partial charge in [-0.25, -0.2) is 4.79 Å². The van der Waals surface area contributed by atoms with Crippen molar-refractivity contribution in [2.45, 2.75) is 120 Å². The Hall–Kier alpha value is -11.0. The third kappa shape index (κ3) is 15.7. The van der Waals surface area contributed by atoms with Gasteiger partial charge in [-0.15, -0.1) is 0 Å². The Labute approximate surface area is 599 Å². The van der Waals surface area contributed by atoms with E-state index in [0.717, 1.165) is 80.3 Å². The number of carboxylic acid groups (broad SMARTS) is 1.